The van der Waals surface area contributed by atoms with Crippen molar-refractivity contribution in [3.8, 4) is 0 Å². The van der Waals surface area contributed by atoms with Crippen LogP contribution in [0.25, 0.3) is 21.8 Å². The number of hydrogen-bond donors (Lipinski definition) is 2. The van der Waals surface area contributed by atoms with E-state index < -0.39 is 5.91 Å². The fourth-order valence-electron chi connectivity index (χ4n) is 3.55. The number of para-hydroxylation sites is 1. The van der Waals surface area contributed by atoms with Crippen LogP contribution in [0.2, 0.25) is 0 Å². The molecule has 0 aliphatic carbocycles. The molecule has 6 nitrogen and oxygen atoms in total. The van der Waals surface area contributed by atoms with E-state index in [1.165, 1.54) is 0 Å². The zero-order chi connectivity index (χ0) is 17.4. The summed E-state index contributed by atoms with van der Waals surface area (Å²) >= 11 is 0. The van der Waals surface area contributed by atoms with Gasteiger partial charge in [-0.3, -0.25) is 4.79 Å². The number of amides is 1. The van der Waals surface area contributed by atoms with Gasteiger partial charge in [0, 0.05) is 40.5 Å². The van der Waals surface area contributed by atoms with Crippen LogP contribution in [0, 0.1) is 0 Å². The van der Waals surface area contributed by atoms with Gasteiger partial charge in [-0.05, 0) is 31.0 Å². The molecule has 2 aromatic carbocycles. The highest BCUT2D eigenvalue weighted by atomic mass is 16.5. The Morgan fingerprint density at radius 2 is 1.96 bits per heavy atom. The number of fused-ring (bicyclic) bond motifs is 3. The third-order valence-electron chi connectivity index (χ3n) is 4.66. The third-order valence-corrected chi connectivity index (χ3v) is 4.66. The number of aliphatic imine (C=N–C) groups is 1. The number of nitrogens with two attached hydrogens (primary N) is 2. The van der Waals surface area contributed by atoms with Gasteiger partial charge >= 0.3 is 0 Å². The van der Waals surface area contributed by atoms with Crippen LogP contribution in [0.3, 0.4) is 0 Å². The molecular formula is C19H20N4O2. The number of aromatic nitrogens is 1. The summed E-state index contributed by atoms with van der Waals surface area (Å²) < 4.78 is 8.04. The van der Waals surface area contributed by atoms with Crippen molar-refractivity contribution < 1.29 is 9.53 Å². The van der Waals surface area contributed by atoms with Crippen molar-refractivity contribution in [3.05, 3.63) is 48.0 Å². The van der Waals surface area contributed by atoms with E-state index in [2.05, 4.69) is 21.7 Å². The van der Waals surface area contributed by atoms with Crippen LogP contribution in [0.1, 0.15) is 23.2 Å². The van der Waals surface area contributed by atoms with Crippen molar-refractivity contribution in [3.63, 3.8) is 0 Å². The second kappa shape index (κ2) is 6.22. The molecule has 4 N–H and O–H groups in total. The van der Waals surface area contributed by atoms with Crippen LogP contribution in [0.5, 0.6) is 0 Å². The molecule has 3 aromatic rings. The minimum absolute atomic E-state index is 0.205. The Morgan fingerprint density at radius 3 is 2.72 bits per heavy atom. The zero-order valence-corrected chi connectivity index (χ0v) is 13.8. The van der Waals surface area contributed by atoms with Crippen molar-refractivity contribution in [2.75, 3.05) is 6.61 Å². The molecule has 1 aliphatic rings. The largest absolute Gasteiger partial charge is 0.376 e. The Labute approximate surface area is 145 Å². The lowest BCUT2D eigenvalue weighted by Crippen LogP contribution is -2.24. The van der Waals surface area contributed by atoms with Crippen molar-refractivity contribution in [2.45, 2.75) is 25.5 Å². The number of ether oxygens (including phenoxy) is 1. The molecule has 0 saturated carbocycles. The molecule has 0 radical (unpaired) electrons. The lowest BCUT2D eigenvalue weighted by molar-refractivity contribution is 0.0989. The highest BCUT2D eigenvalue weighted by Gasteiger charge is 2.20. The first-order valence-electron chi connectivity index (χ1n) is 8.40. The normalized spacial score (nSPS) is 17.2. The van der Waals surface area contributed by atoms with Gasteiger partial charge in [-0.1, -0.05) is 24.3 Å². The molecule has 128 valence electrons. The van der Waals surface area contributed by atoms with E-state index >= 15 is 0 Å². The number of nitrogens with zero attached hydrogens (tertiary/aromatic N) is 2. The van der Waals surface area contributed by atoms with Gasteiger partial charge in [0.2, 0.25) is 0 Å². The molecular weight excluding hydrogens is 316 g/mol. The number of guanidine groups is 1. The average molecular weight is 336 g/mol. The first-order valence-corrected chi connectivity index (χ1v) is 8.40. The summed E-state index contributed by atoms with van der Waals surface area (Å²) in [4.78, 5) is 15.8. The monoisotopic (exact) mass is 336 g/mol. The lowest BCUT2D eigenvalue weighted by Gasteiger charge is -2.13. The predicted octanol–water partition coefficient (Wildman–Crippen LogP) is 2.39. The molecule has 1 aromatic heterocycles. The van der Waals surface area contributed by atoms with E-state index in [0.29, 0.717) is 5.56 Å². The molecule has 6 heteroatoms. The minimum atomic E-state index is -0.434. The molecule has 1 saturated heterocycles. The van der Waals surface area contributed by atoms with E-state index in [1.807, 2.05) is 24.3 Å². The van der Waals surface area contributed by atoms with Crippen LogP contribution >= 0.6 is 0 Å². The number of carbonyl (C=O) groups is 1. The number of benzene rings is 2. The Bertz CT molecular complexity index is 980. The first-order chi connectivity index (χ1) is 12.1. The van der Waals surface area contributed by atoms with Crippen molar-refractivity contribution in [1.82, 2.24) is 4.57 Å². The van der Waals surface area contributed by atoms with E-state index in [1.54, 1.807) is 6.07 Å². The first kappa shape index (κ1) is 15.7. The fraction of sp³-hybridized carbons (Fsp3) is 0.263. The molecule has 25 heavy (non-hydrogen) atoms. The molecule has 1 unspecified atom stereocenters. The highest BCUT2D eigenvalue weighted by Crippen LogP contribution is 2.31. The quantitative estimate of drug-likeness (QED) is 0.567. The Balaban J connectivity index is 1.88. The van der Waals surface area contributed by atoms with Gasteiger partial charge in [0.15, 0.2) is 5.96 Å². The second-order valence-corrected chi connectivity index (χ2v) is 6.34. The van der Waals surface area contributed by atoms with Crippen LogP contribution in [-0.4, -0.2) is 29.1 Å². The summed E-state index contributed by atoms with van der Waals surface area (Å²) in [6, 6.07) is 13.8. The predicted molar refractivity (Wildman–Crippen MR) is 98.6 cm³/mol. The number of carbonyl (C=O) groups excluding carboxylic acids is 1. The molecule has 1 amide bonds. The molecule has 2 heterocycles. The SMILES string of the molecule is NC(N)=NC(=O)c1ccc2c3ccccc3n(CC3CCCO3)c2c1. The highest BCUT2D eigenvalue weighted by molar-refractivity contribution is 6.11. The van der Waals surface area contributed by atoms with E-state index in [0.717, 1.165) is 47.8 Å². The van der Waals surface area contributed by atoms with Gasteiger partial charge < -0.3 is 20.8 Å². The molecule has 0 bridgehead atoms. The number of hydrogen-bond acceptors (Lipinski definition) is 2. The summed E-state index contributed by atoms with van der Waals surface area (Å²) in [6.45, 7) is 1.58. The van der Waals surface area contributed by atoms with Gasteiger partial charge in [-0.15, -0.1) is 0 Å². The molecule has 1 aliphatic heterocycles. The molecule has 4 rings (SSSR count). The fourth-order valence-corrected chi connectivity index (χ4v) is 3.55. The van der Waals surface area contributed by atoms with E-state index in [4.69, 9.17) is 16.2 Å². The summed E-state index contributed by atoms with van der Waals surface area (Å²) in [5.74, 6) is -0.666. The maximum atomic E-state index is 12.2. The van der Waals surface area contributed by atoms with Crippen LogP contribution in [-0.2, 0) is 11.3 Å². The standard InChI is InChI=1S/C19H20N4O2/c20-19(21)22-18(24)12-7-8-15-14-5-1-2-6-16(14)23(17(15)10-12)11-13-4-3-9-25-13/h1-2,5-8,10,13H,3-4,9,11H2,(H4,20,21,22,24). The molecule has 1 atom stereocenters. The Kier molecular flexibility index (Phi) is 3.89. The summed E-state index contributed by atoms with van der Waals surface area (Å²) in [5.41, 5.74) is 13.3. The van der Waals surface area contributed by atoms with Crippen molar-refractivity contribution >= 4 is 33.7 Å². The van der Waals surface area contributed by atoms with Crippen molar-refractivity contribution in [2.24, 2.45) is 16.5 Å². The Morgan fingerprint density at radius 1 is 1.16 bits per heavy atom. The van der Waals surface area contributed by atoms with Gasteiger partial charge in [-0.25, -0.2) is 0 Å². The summed E-state index contributed by atoms with van der Waals surface area (Å²) in [7, 11) is 0. The second-order valence-electron chi connectivity index (χ2n) is 6.34. The molecule has 1 fully saturated rings. The van der Waals surface area contributed by atoms with Crippen LogP contribution in [0.4, 0.5) is 0 Å². The van der Waals surface area contributed by atoms with Crippen molar-refractivity contribution in [1.29, 1.82) is 0 Å². The zero-order valence-electron chi connectivity index (χ0n) is 13.8. The van der Waals surface area contributed by atoms with Gasteiger partial charge in [0.05, 0.1) is 6.10 Å². The van der Waals surface area contributed by atoms with Gasteiger partial charge in [0.25, 0.3) is 5.91 Å². The Hall–Kier alpha value is -2.86. The minimum Gasteiger partial charge on any atom is -0.376 e. The third kappa shape index (κ3) is 2.85. The summed E-state index contributed by atoms with van der Waals surface area (Å²) in [5, 5.41) is 2.27. The smallest absolute Gasteiger partial charge is 0.280 e. The van der Waals surface area contributed by atoms with Gasteiger partial charge in [0.1, 0.15) is 0 Å². The van der Waals surface area contributed by atoms with E-state index in [-0.39, 0.29) is 12.1 Å². The lowest BCUT2D eigenvalue weighted by atomic mass is 10.1. The topological polar surface area (TPSA) is 95.6 Å². The van der Waals surface area contributed by atoms with E-state index in [9.17, 15) is 4.79 Å². The van der Waals surface area contributed by atoms with Crippen LogP contribution < -0.4 is 11.5 Å². The number of rotatable bonds is 3. The molecule has 0 spiro atoms. The summed E-state index contributed by atoms with van der Waals surface area (Å²) in [6.07, 6.45) is 2.35. The maximum absolute atomic E-state index is 12.2. The van der Waals surface area contributed by atoms with Crippen LogP contribution in [0.15, 0.2) is 47.5 Å². The average Bonchev–Trinajstić information content (AvgIpc) is 3.21. The maximum Gasteiger partial charge on any atom is 0.280 e. The van der Waals surface area contributed by atoms with Gasteiger partial charge in [-0.2, -0.15) is 4.99 Å².